The van der Waals surface area contributed by atoms with Crippen LogP contribution >= 0.6 is 10.7 Å². The van der Waals surface area contributed by atoms with E-state index < -0.39 is 9.33 Å². The molecule has 0 heterocycles. The molecule has 0 fully saturated rings. The molecule has 3 nitrogen and oxygen atoms in total. The monoisotopic (exact) mass is 117 g/mol. The smallest absolute Gasteiger partial charge is 0.273 e. The molecule has 0 amide bonds. The maximum absolute atomic E-state index is 9.36. The van der Waals surface area contributed by atoms with Gasteiger partial charge in [-0.25, -0.2) is 0 Å². The average Bonchev–Trinajstić information content (AvgIpc) is 1.35. The van der Waals surface area contributed by atoms with Gasteiger partial charge in [0.05, 0.1) is 0 Å². The molecule has 0 saturated heterocycles. The van der Waals surface area contributed by atoms with E-state index in [1.54, 1.807) is 0 Å². The number of halogens is 1. The van der Waals surface area contributed by atoms with Crippen molar-refractivity contribution < 1.29 is 13.0 Å². The fraction of sp³-hybridized carbons (Fsp3) is 0. The lowest BCUT2D eigenvalue weighted by molar-refractivity contribution is 0.501. The lowest BCUT2D eigenvalue weighted by Gasteiger charge is -1.65. The molecule has 32 valence electrons. The second kappa shape index (κ2) is 1.12. The molecule has 0 unspecified atom stereocenters. The van der Waals surface area contributed by atoms with Crippen LogP contribution in [0.2, 0.25) is 0 Å². The van der Waals surface area contributed by atoms with Crippen LogP contribution in [0, 0.1) is 0 Å². The van der Waals surface area contributed by atoms with Gasteiger partial charge < -0.3 is 0 Å². The third-order valence-electron chi connectivity index (χ3n) is 0. The van der Waals surface area contributed by atoms with Crippen LogP contribution in [0.3, 0.4) is 0 Å². The highest BCUT2D eigenvalue weighted by atomic mass is 35.7. The molecule has 0 aromatic carbocycles. The van der Waals surface area contributed by atoms with Crippen LogP contribution in [0.25, 0.3) is 1.43 Å². The molecule has 0 atom stereocenters. The third kappa shape index (κ3) is 508. The highest BCUT2D eigenvalue weighted by Gasteiger charge is 1.86. The molecule has 0 aliphatic rings. The van der Waals surface area contributed by atoms with Crippen molar-refractivity contribution in [2.75, 3.05) is 0 Å². The Labute approximate surface area is 35.3 Å². The Morgan fingerprint density at radius 1 is 2.00 bits per heavy atom. The van der Waals surface area contributed by atoms with Gasteiger partial charge in [-0.05, 0) is 0 Å². The van der Waals surface area contributed by atoms with Crippen LogP contribution < -0.4 is 0 Å². The Morgan fingerprint density at radius 3 is 2.20 bits per heavy atom. The van der Waals surface area contributed by atoms with Gasteiger partial charge in [0.25, 0.3) is 0 Å². The quantitative estimate of drug-likeness (QED) is 0.389. The van der Waals surface area contributed by atoms with Gasteiger partial charge >= 0.3 is 9.33 Å². The molecule has 0 radical (unpaired) electrons. The normalized spacial score (nSPS) is 14.2. The minimum atomic E-state index is -4.02. The van der Waals surface area contributed by atoms with Crippen LogP contribution in [-0.4, -0.2) is 13.0 Å². The van der Waals surface area contributed by atoms with Crippen LogP contribution in [0.15, 0.2) is 0 Å². The van der Waals surface area contributed by atoms with Gasteiger partial charge in [0.15, 0.2) is 0 Å². The lowest BCUT2D eigenvalue weighted by atomic mass is 15.9. The topological polar surface area (TPSA) is 54.4 Å². The van der Waals surface area contributed by atoms with E-state index >= 15 is 0 Å². The van der Waals surface area contributed by atoms with Gasteiger partial charge in [-0.1, -0.05) is 0 Å². The van der Waals surface area contributed by atoms with Gasteiger partial charge in [-0.15, -0.1) is 0 Å². The molecule has 0 bridgehead atoms. The average molecular weight is 118 g/mol. The van der Waals surface area contributed by atoms with Crippen molar-refractivity contribution >= 4 is 20.0 Å². The Bertz CT molecular complexity index is 113. The SMILES string of the molecule is [2H]OS(=O)(=O)Cl. The molecule has 0 rings (SSSR count). The molecular weight excluding hydrogens is 116 g/mol. The fourth-order valence-electron chi connectivity index (χ4n) is 0. The summed E-state index contributed by atoms with van der Waals surface area (Å²) in [7, 11) is 0.257. The van der Waals surface area contributed by atoms with E-state index in [2.05, 4.69) is 15.2 Å². The zero-order chi connectivity index (χ0) is 5.21. The summed E-state index contributed by atoms with van der Waals surface area (Å²) in [6, 6.07) is 0. The molecule has 0 spiro atoms. The van der Waals surface area contributed by atoms with E-state index in [1.807, 2.05) is 0 Å². The molecule has 0 aliphatic heterocycles. The first-order valence-electron chi connectivity index (χ1n) is 1.06. The summed E-state index contributed by atoms with van der Waals surface area (Å²) in [5, 5.41) is 0. The van der Waals surface area contributed by atoms with Crippen LogP contribution in [0.4, 0.5) is 0 Å². The van der Waals surface area contributed by atoms with E-state index in [9.17, 15) is 8.42 Å². The standard InChI is InChI=1S/ClHO3S/c1-5(2,3)4/h(H,2,3,4)/i/hD. The first-order valence-corrected chi connectivity index (χ1v) is 2.89. The van der Waals surface area contributed by atoms with Crippen molar-refractivity contribution in [1.82, 2.24) is 0 Å². The van der Waals surface area contributed by atoms with Gasteiger partial charge in [0.1, 0.15) is 0 Å². The van der Waals surface area contributed by atoms with Crippen LogP contribution in [0.1, 0.15) is 0 Å². The Morgan fingerprint density at radius 2 is 2.20 bits per heavy atom. The minimum Gasteiger partial charge on any atom is -0.273 e. The highest BCUT2D eigenvalue weighted by Crippen LogP contribution is 1.82. The Balaban J connectivity index is 3.85. The second-order valence-electron chi connectivity index (χ2n) is 0.393. The second-order valence-corrected chi connectivity index (χ2v) is 2.31. The van der Waals surface area contributed by atoms with E-state index in [4.69, 9.17) is 1.43 Å². The van der Waals surface area contributed by atoms with E-state index in [-0.39, 0.29) is 0 Å². The summed E-state index contributed by atoms with van der Waals surface area (Å²) >= 11 is 0. The van der Waals surface area contributed by atoms with Crippen molar-refractivity contribution in [2.45, 2.75) is 0 Å². The minimum absolute atomic E-state index is 2.93. The third-order valence-corrected chi connectivity index (χ3v) is 0. The van der Waals surface area contributed by atoms with Crippen LogP contribution in [0.5, 0.6) is 0 Å². The predicted molar refractivity (Wildman–Crippen MR) is 17.4 cm³/mol. The number of hydrogen-bond acceptors (Lipinski definition) is 3. The van der Waals surface area contributed by atoms with Crippen LogP contribution in [-0.2, 0) is 9.33 Å². The Kier molecular flexibility index (Phi) is 0.759. The molecule has 0 aliphatic carbocycles. The summed E-state index contributed by atoms with van der Waals surface area (Å²) in [5.74, 6) is 0. The van der Waals surface area contributed by atoms with Crippen molar-refractivity contribution in [3.63, 3.8) is 0 Å². The summed E-state index contributed by atoms with van der Waals surface area (Å²) in [4.78, 5) is 0. The maximum atomic E-state index is 9.36. The summed E-state index contributed by atoms with van der Waals surface area (Å²) < 4.78 is 27.3. The molecule has 0 aromatic rings. The maximum Gasteiger partial charge on any atom is 0.353 e. The van der Waals surface area contributed by atoms with E-state index in [1.165, 1.54) is 0 Å². The van der Waals surface area contributed by atoms with Crippen molar-refractivity contribution in [1.29, 1.82) is 1.43 Å². The Hall–Kier alpha value is 0.200. The van der Waals surface area contributed by atoms with Crippen molar-refractivity contribution in [3.05, 3.63) is 0 Å². The molecular formula is HClO3S. The number of hydrogen-bond donors (Lipinski definition) is 1. The summed E-state index contributed by atoms with van der Waals surface area (Å²) in [6.07, 6.45) is 0. The van der Waals surface area contributed by atoms with E-state index in [0.29, 0.717) is 0 Å². The van der Waals surface area contributed by atoms with Gasteiger partial charge in [0.2, 0.25) is 1.43 Å². The largest absolute Gasteiger partial charge is 0.353 e. The van der Waals surface area contributed by atoms with Gasteiger partial charge in [-0.2, -0.15) is 8.42 Å². The highest BCUT2D eigenvalue weighted by molar-refractivity contribution is 8.09. The fourth-order valence-corrected chi connectivity index (χ4v) is 0. The molecule has 1 N–H and O–H groups in total. The summed E-state index contributed by atoms with van der Waals surface area (Å²) in [6.45, 7) is 0. The van der Waals surface area contributed by atoms with Gasteiger partial charge in [-0.3, -0.25) is 4.56 Å². The van der Waals surface area contributed by atoms with Crippen molar-refractivity contribution in [2.24, 2.45) is 0 Å². The summed E-state index contributed by atoms with van der Waals surface area (Å²) in [5.41, 5.74) is 0. The number of rotatable bonds is 1. The predicted octanol–water partition coefficient (Wildman–Crippen LogP) is 0.0280. The molecule has 0 aromatic heterocycles. The lowest BCUT2D eigenvalue weighted by Crippen LogP contribution is -1.77. The van der Waals surface area contributed by atoms with Gasteiger partial charge in [0, 0.05) is 10.7 Å². The zero-order valence-corrected chi connectivity index (χ0v) is 3.58. The molecule has 5 heavy (non-hydrogen) atoms. The zero-order valence-electron chi connectivity index (χ0n) is 3.01. The van der Waals surface area contributed by atoms with Crippen molar-refractivity contribution in [3.8, 4) is 0 Å². The molecule has 5 heteroatoms. The first kappa shape index (κ1) is 3.39. The molecule has 0 saturated carbocycles. The van der Waals surface area contributed by atoms with E-state index in [0.717, 1.165) is 0 Å². The first-order chi connectivity index (χ1) is 2.56.